The molecule has 0 saturated carbocycles. The van der Waals surface area contributed by atoms with Crippen LogP contribution in [-0.2, 0) is 13.5 Å². The molecule has 15 heavy (non-hydrogen) atoms. The lowest BCUT2D eigenvalue weighted by molar-refractivity contribution is 0.176. The second kappa shape index (κ2) is 4.18. The molecule has 2 aromatic rings. The Kier molecular flexibility index (Phi) is 2.73. The zero-order chi connectivity index (χ0) is 10.7. The standard InChI is InChI=1S/C10H12N4O/c1-14-5-3-9(13-14)6-10(15)8-2-4-11-12-7-8/h2-5,7,10,15H,6H2,1H3. The fourth-order valence-corrected chi connectivity index (χ4v) is 1.39. The van der Waals surface area contributed by atoms with E-state index in [4.69, 9.17) is 0 Å². The number of rotatable bonds is 3. The number of hydrogen-bond donors (Lipinski definition) is 1. The van der Waals surface area contributed by atoms with E-state index in [1.807, 2.05) is 19.3 Å². The highest BCUT2D eigenvalue weighted by atomic mass is 16.3. The molecule has 0 amide bonds. The maximum Gasteiger partial charge on any atom is 0.0862 e. The van der Waals surface area contributed by atoms with Crippen molar-refractivity contribution in [3.63, 3.8) is 0 Å². The Hall–Kier alpha value is -1.75. The minimum atomic E-state index is -0.574. The van der Waals surface area contributed by atoms with Gasteiger partial charge in [-0.25, -0.2) is 0 Å². The second-order valence-electron chi connectivity index (χ2n) is 3.38. The van der Waals surface area contributed by atoms with Gasteiger partial charge in [0.25, 0.3) is 0 Å². The van der Waals surface area contributed by atoms with Crippen LogP contribution in [0.15, 0.2) is 30.7 Å². The highest BCUT2D eigenvalue weighted by molar-refractivity contribution is 5.12. The minimum Gasteiger partial charge on any atom is -0.388 e. The molecule has 1 unspecified atom stereocenters. The molecule has 0 saturated heterocycles. The van der Waals surface area contributed by atoms with Gasteiger partial charge in [0.1, 0.15) is 0 Å². The molecule has 0 spiro atoms. The monoisotopic (exact) mass is 204 g/mol. The van der Waals surface area contributed by atoms with Gasteiger partial charge in [-0.1, -0.05) is 0 Å². The van der Waals surface area contributed by atoms with Crippen LogP contribution in [0.2, 0.25) is 0 Å². The molecular weight excluding hydrogens is 192 g/mol. The van der Waals surface area contributed by atoms with Gasteiger partial charge in [0, 0.05) is 31.4 Å². The Morgan fingerprint density at radius 3 is 2.87 bits per heavy atom. The summed E-state index contributed by atoms with van der Waals surface area (Å²) in [5.74, 6) is 0. The molecule has 1 atom stereocenters. The summed E-state index contributed by atoms with van der Waals surface area (Å²) >= 11 is 0. The van der Waals surface area contributed by atoms with Crippen LogP contribution in [0.1, 0.15) is 17.4 Å². The molecule has 0 aliphatic heterocycles. The number of aromatic nitrogens is 4. The molecule has 5 nitrogen and oxygen atoms in total. The van der Waals surface area contributed by atoms with Crippen molar-refractivity contribution in [2.75, 3.05) is 0 Å². The second-order valence-corrected chi connectivity index (χ2v) is 3.38. The predicted octanol–water partition coefficient (Wildman–Crippen LogP) is 0.486. The Morgan fingerprint density at radius 1 is 1.40 bits per heavy atom. The van der Waals surface area contributed by atoms with Crippen LogP contribution in [0.4, 0.5) is 0 Å². The van der Waals surface area contributed by atoms with Gasteiger partial charge in [-0.05, 0) is 12.1 Å². The molecule has 0 bridgehead atoms. The van der Waals surface area contributed by atoms with Crippen LogP contribution in [0.5, 0.6) is 0 Å². The van der Waals surface area contributed by atoms with Gasteiger partial charge in [0.15, 0.2) is 0 Å². The van der Waals surface area contributed by atoms with Gasteiger partial charge in [-0.3, -0.25) is 4.68 Å². The zero-order valence-corrected chi connectivity index (χ0v) is 8.41. The largest absolute Gasteiger partial charge is 0.388 e. The van der Waals surface area contributed by atoms with Gasteiger partial charge in [-0.2, -0.15) is 15.3 Å². The van der Waals surface area contributed by atoms with Gasteiger partial charge in [-0.15, -0.1) is 0 Å². The van der Waals surface area contributed by atoms with E-state index in [2.05, 4.69) is 15.3 Å². The molecular formula is C10H12N4O. The number of aliphatic hydroxyl groups is 1. The van der Waals surface area contributed by atoms with Gasteiger partial charge < -0.3 is 5.11 Å². The maximum atomic E-state index is 9.87. The molecule has 2 heterocycles. The van der Waals surface area contributed by atoms with Crippen molar-refractivity contribution < 1.29 is 5.11 Å². The lowest BCUT2D eigenvalue weighted by atomic mass is 10.1. The van der Waals surface area contributed by atoms with Crippen molar-refractivity contribution in [1.29, 1.82) is 0 Å². The molecule has 1 N–H and O–H groups in total. The molecule has 0 aliphatic rings. The SMILES string of the molecule is Cn1ccc(CC(O)c2ccnnc2)n1. The summed E-state index contributed by atoms with van der Waals surface area (Å²) in [6.07, 6.45) is 4.90. The van der Waals surface area contributed by atoms with Crippen LogP contribution >= 0.6 is 0 Å². The summed E-state index contributed by atoms with van der Waals surface area (Å²) in [5, 5.41) is 21.4. The first-order valence-electron chi connectivity index (χ1n) is 4.69. The van der Waals surface area contributed by atoms with E-state index in [0.717, 1.165) is 11.3 Å². The predicted molar refractivity (Wildman–Crippen MR) is 53.9 cm³/mol. The quantitative estimate of drug-likeness (QED) is 0.790. The Balaban J connectivity index is 2.07. The lowest BCUT2D eigenvalue weighted by Crippen LogP contribution is -2.03. The topological polar surface area (TPSA) is 63.8 Å². The van der Waals surface area contributed by atoms with Crippen molar-refractivity contribution >= 4 is 0 Å². The highest BCUT2D eigenvalue weighted by Gasteiger charge is 2.10. The summed E-state index contributed by atoms with van der Waals surface area (Å²) in [5.41, 5.74) is 1.62. The van der Waals surface area contributed by atoms with E-state index in [0.29, 0.717) is 6.42 Å². The third-order valence-electron chi connectivity index (χ3n) is 2.16. The Morgan fingerprint density at radius 2 is 2.27 bits per heavy atom. The summed E-state index contributed by atoms with van der Waals surface area (Å²) in [6.45, 7) is 0. The number of aliphatic hydroxyl groups excluding tert-OH is 1. The summed E-state index contributed by atoms with van der Waals surface area (Å²) in [4.78, 5) is 0. The minimum absolute atomic E-state index is 0.493. The average molecular weight is 204 g/mol. The molecule has 0 aliphatic carbocycles. The number of aryl methyl sites for hydroxylation is 1. The van der Waals surface area contributed by atoms with Crippen molar-refractivity contribution in [2.45, 2.75) is 12.5 Å². The van der Waals surface area contributed by atoms with E-state index in [1.54, 1.807) is 23.1 Å². The highest BCUT2D eigenvalue weighted by Crippen LogP contribution is 2.15. The van der Waals surface area contributed by atoms with Crippen LogP contribution in [0.3, 0.4) is 0 Å². The van der Waals surface area contributed by atoms with E-state index >= 15 is 0 Å². The molecule has 0 aromatic carbocycles. The summed E-state index contributed by atoms with van der Waals surface area (Å²) in [7, 11) is 1.85. The third kappa shape index (κ3) is 2.38. The van der Waals surface area contributed by atoms with E-state index in [-0.39, 0.29) is 0 Å². The summed E-state index contributed by atoms with van der Waals surface area (Å²) < 4.78 is 1.72. The van der Waals surface area contributed by atoms with Crippen LogP contribution in [-0.4, -0.2) is 25.1 Å². The molecule has 0 fully saturated rings. The van der Waals surface area contributed by atoms with Crippen molar-refractivity contribution in [3.05, 3.63) is 42.0 Å². The number of hydrogen-bond acceptors (Lipinski definition) is 4. The molecule has 2 aromatic heterocycles. The van der Waals surface area contributed by atoms with Crippen molar-refractivity contribution in [1.82, 2.24) is 20.0 Å². The van der Waals surface area contributed by atoms with Crippen LogP contribution < -0.4 is 0 Å². The Labute approximate surface area is 87.4 Å². The molecule has 78 valence electrons. The normalized spacial score (nSPS) is 12.7. The lowest BCUT2D eigenvalue weighted by Gasteiger charge is -2.07. The van der Waals surface area contributed by atoms with E-state index < -0.39 is 6.10 Å². The van der Waals surface area contributed by atoms with E-state index in [9.17, 15) is 5.11 Å². The van der Waals surface area contributed by atoms with Gasteiger partial charge in [0.05, 0.1) is 18.0 Å². The first-order valence-corrected chi connectivity index (χ1v) is 4.69. The smallest absolute Gasteiger partial charge is 0.0862 e. The molecule has 0 radical (unpaired) electrons. The van der Waals surface area contributed by atoms with Gasteiger partial charge >= 0.3 is 0 Å². The number of nitrogens with zero attached hydrogens (tertiary/aromatic N) is 4. The maximum absolute atomic E-state index is 9.87. The van der Waals surface area contributed by atoms with Crippen molar-refractivity contribution in [3.8, 4) is 0 Å². The first kappa shape index (κ1) is 9.79. The fraction of sp³-hybridized carbons (Fsp3) is 0.300. The van der Waals surface area contributed by atoms with Crippen molar-refractivity contribution in [2.24, 2.45) is 7.05 Å². The fourth-order valence-electron chi connectivity index (χ4n) is 1.39. The van der Waals surface area contributed by atoms with Gasteiger partial charge in [0.2, 0.25) is 0 Å². The summed E-state index contributed by atoms with van der Waals surface area (Å²) in [6, 6.07) is 3.64. The average Bonchev–Trinajstić information content (AvgIpc) is 2.65. The first-order chi connectivity index (χ1) is 7.25. The zero-order valence-electron chi connectivity index (χ0n) is 8.41. The third-order valence-corrected chi connectivity index (χ3v) is 2.16. The molecule has 5 heteroatoms. The van der Waals surface area contributed by atoms with Crippen LogP contribution in [0.25, 0.3) is 0 Å². The Bertz CT molecular complexity index is 426. The van der Waals surface area contributed by atoms with E-state index in [1.165, 1.54) is 0 Å². The van der Waals surface area contributed by atoms with Crippen LogP contribution in [0, 0.1) is 0 Å². The molecule has 2 rings (SSSR count).